The topological polar surface area (TPSA) is 26.3 Å². The van der Waals surface area contributed by atoms with Crippen molar-refractivity contribution in [2.24, 2.45) is 0 Å². The van der Waals surface area contributed by atoms with Gasteiger partial charge in [-0.05, 0) is 30.7 Å². The van der Waals surface area contributed by atoms with Crippen LogP contribution in [-0.4, -0.2) is 12.4 Å². The van der Waals surface area contributed by atoms with Crippen LogP contribution in [0.4, 0.5) is 4.39 Å². The molecule has 4 heteroatoms. The number of carbonyl (C=O) groups is 1. The maximum absolute atomic E-state index is 13.3. The Morgan fingerprint density at radius 3 is 2.50 bits per heavy atom. The van der Waals surface area contributed by atoms with Crippen LogP contribution < -0.4 is 4.74 Å². The average molecular weight is 337 g/mol. The molecule has 0 aromatic heterocycles. The van der Waals surface area contributed by atoms with Crippen molar-refractivity contribution in [1.29, 1.82) is 0 Å². The van der Waals surface area contributed by atoms with Crippen molar-refractivity contribution in [3.63, 3.8) is 0 Å². The maximum Gasteiger partial charge on any atom is 0.165 e. The van der Waals surface area contributed by atoms with Gasteiger partial charge in [-0.15, -0.1) is 0 Å². The molecule has 0 saturated carbocycles. The van der Waals surface area contributed by atoms with Gasteiger partial charge in [-0.3, -0.25) is 4.79 Å². The predicted octanol–water partition coefficient (Wildman–Crippen LogP) is 4.63. The van der Waals surface area contributed by atoms with Gasteiger partial charge in [-0.1, -0.05) is 40.2 Å². The average Bonchev–Trinajstić information content (AvgIpc) is 2.46. The molecule has 0 unspecified atom stereocenters. The third-order valence-electron chi connectivity index (χ3n) is 2.81. The first-order valence-corrected chi connectivity index (χ1v) is 7.12. The van der Waals surface area contributed by atoms with Gasteiger partial charge in [0.25, 0.3) is 0 Å². The van der Waals surface area contributed by atoms with Crippen LogP contribution in [0.1, 0.15) is 23.2 Å². The van der Waals surface area contributed by atoms with Gasteiger partial charge in [0.1, 0.15) is 0 Å². The Labute approximate surface area is 125 Å². The molecule has 0 fully saturated rings. The molecular formula is C16H14BrFO2. The van der Waals surface area contributed by atoms with Gasteiger partial charge in [0.2, 0.25) is 0 Å². The van der Waals surface area contributed by atoms with Crippen LogP contribution in [0, 0.1) is 5.82 Å². The van der Waals surface area contributed by atoms with Gasteiger partial charge < -0.3 is 4.74 Å². The van der Waals surface area contributed by atoms with Crippen molar-refractivity contribution >= 4 is 21.7 Å². The Hall–Kier alpha value is -1.68. The molecule has 0 radical (unpaired) electrons. The first kappa shape index (κ1) is 14.7. The fraction of sp³-hybridized carbons (Fsp3) is 0.188. The minimum absolute atomic E-state index is 0.0645. The molecule has 0 saturated heterocycles. The van der Waals surface area contributed by atoms with Gasteiger partial charge in [-0.2, -0.15) is 0 Å². The van der Waals surface area contributed by atoms with E-state index >= 15 is 0 Å². The summed E-state index contributed by atoms with van der Waals surface area (Å²) in [6.45, 7) is 0.323. The second kappa shape index (κ2) is 7.20. The molecule has 0 bridgehead atoms. The van der Waals surface area contributed by atoms with Crippen molar-refractivity contribution < 1.29 is 13.9 Å². The number of hydrogen-bond acceptors (Lipinski definition) is 2. The van der Waals surface area contributed by atoms with Crippen molar-refractivity contribution in [2.75, 3.05) is 6.61 Å². The Bertz CT molecular complexity index is 581. The maximum atomic E-state index is 13.3. The summed E-state index contributed by atoms with van der Waals surface area (Å²) in [4.78, 5) is 11.9. The molecule has 0 heterocycles. The van der Waals surface area contributed by atoms with Gasteiger partial charge >= 0.3 is 0 Å². The van der Waals surface area contributed by atoms with Crippen LogP contribution in [0.25, 0.3) is 0 Å². The third-order valence-corrected chi connectivity index (χ3v) is 3.34. The van der Waals surface area contributed by atoms with Crippen molar-refractivity contribution in [2.45, 2.75) is 12.8 Å². The molecule has 0 N–H and O–H groups in total. The summed E-state index contributed by atoms with van der Waals surface area (Å²) < 4.78 is 19.5. The largest absolute Gasteiger partial charge is 0.491 e. The van der Waals surface area contributed by atoms with Gasteiger partial charge in [0.15, 0.2) is 17.3 Å². The molecule has 2 aromatic rings. The van der Waals surface area contributed by atoms with Gasteiger partial charge in [-0.25, -0.2) is 4.39 Å². The van der Waals surface area contributed by atoms with E-state index in [-0.39, 0.29) is 17.3 Å². The SMILES string of the molecule is O=C(CCCOc1ccccc1F)c1ccc(Br)cc1. The highest BCUT2D eigenvalue weighted by Gasteiger charge is 2.06. The molecule has 0 aliphatic rings. The molecule has 20 heavy (non-hydrogen) atoms. The molecule has 0 aliphatic carbocycles. The highest BCUT2D eigenvalue weighted by molar-refractivity contribution is 9.10. The van der Waals surface area contributed by atoms with Crippen LogP contribution >= 0.6 is 15.9 Å². The molecule has 0 amide bonds. The molecule has 0 aliphatic heterocycles. The van der Waals surface area contributed by atoms with E-state index in [9.17, 15) is 9.18 Å². The lowest BCUT2D eigenvalue weighted by atomic mass is 10.1. The summed E-state index contributed by atoms with van der Waals surface area (Å²) in [5, 5.41) is 0. The Morgan fingerprint density at radius 1 is 1.10 bits per heavy atom. The van der Waals surface area contributed by atoms with E-state index in [1.165, 1.54) is 6.07 Å². The molecule has 2 aromatic carbocycles. The smallest absolute Gasteiger partial charge is 0.165 e. The number of ketones is 1. The van der Waals surface area contributed by atoms with Crippen molar-refractivity contribution in [3.05, 3.63) is 64.4 Å². The van der Waals surface area contributed by atoms with Gasteiger partial charge in [0, 0.05) is 16.5 Å². The minimum atomic E-state index is -0.383. The lowest BCUT2D eigenvalue weighted by Gasteiger charge is -2.06. The van der Waals surface area contributed by atoms with Crippen LogP contribution in [0.5, 0.6) is 5.75 Å². The summed E-state index contributed by atoms with van der Waals surface area (Å²) in [5.74, 6) is -0.0926. The van der Waals surface area contributed by atoms with Crippen molar-refractivity contribution in [1.82, 2.24) is 0 Å². The lowest BCUT2D eigenvalue weighted by Crippen LogP contribution is -2.04. The van der Waals surface area contributed by atoms with Crippen LogP contribution in [-0.2, 0) is 0 Å². The third kappa shape index (κ3) is 4.17. The van der Waals surface area contributed by atoms with Crippen LogP contribution in [0.2, 0.25) is 0 Å². The summed E-state index contributed by atoms with van der Waals surface area (Å²) >= 11 is 3.32. The number of ether oxygens (including phenoxy) is 1. The minimum Gasteiger partial charge on any atom is -0.491 e. The number of rotatable bonds is 6. The number of carbonyl (C=O) groups excluding carboxylic acids is 1. The fourth-order valence-corrected chi connectivity index (χ4v) is 2.02. The van der Waals surface area contributed by atoms with Crippen molar-refractivity contribution in [3.8, 4) is 5.75 Å². The Morgan fingerprint density at radius 2 is 1.80 bits per heavy atom. The van der Waals surface area contributed by atoms with Gasteiger partial charge in [0.05, 0.1) is 6.61 Å². The van der Waals surface area contributed by atoms with E-state index in [1.807, 2.05) is 12.1 Å². The van der Waals surface area contributed by atoms with E-state index in [1.54, 1.807) is 30.3 Å². The molecule has 104 valence electrons. The molecule has 0 spiro atoms. The van der Waals surface area contributed by atoms with E-state index in [2.05, 4.69) is 15.9 Å². The first-order chi connectivity index (χ1) is 9.66. The number of hydrogen-bond donors (Lipinski definition) is 0. The number of Topliss-reactive ketones (excluding diaryl/α,β-unsaturated/α-hetero) is 1. The second-order valence-corrected chi connectivity index (χ2v) is 5.23. The summed E-state index contributed by atoms with van der Waals surface area (Å²) in [6.07, 6.45) is 0.944. The molecule has 2 nitrogen and oxygen atoms in total. The second-order valence-electron chi connectivity index (χ2n) is 4.31. The number of para-hydroxylation sites is 1. The lowest BCUT2D eigenvalue weighted by molar-refractivity contribution is 0.0973. The Kier molecular flexibility index (Phi) is 5.30. The summed E-state index contributed by atoms with van der Waals surface area (Å²) in [7, 11) is 0. The normalized spacial score (nSPS) is 10.3. The van der Waals surface area contributed by atoms with Crippen LogP contribution in [0.15, 0.2) is 53.0 Å². The first-order valence-electron chi connectivity index (χ1n) is 6.33. The zero-order valence-corrected chi connectivity index (χ0v) is 12.4. The van der Waals surface area contributed by atoms with E-state index in [0.717, 1.165) is 4.47 Å². The quantitative estimate of drug-likeness (QED) is 0.567. The fourth-order valence-electron chi connectivity index (χ4n) is 1.76. The molecule has 2 rings (SSSR count). The zero-order chi connectivity index (χ0) is 14.4. The Balaban J connectivity index is 1.77. The highest BCUT2D eigenvalue weighted by Crippen LogP contribution is 2.16. The molecular weight excluding hydrogens is 323 g/mol. The summed E-state index contributed by atoms with van der Waals surface area (Å²) in [6, 6.07) is 13.5. The van der Waals surface area contributed by atoms with E-state index in [4.69, 9.17) is 4.74 Å². The standard InChI is InChI=1S/C16H14BrFO2/c17-13-9-7-12(8-10-13)15(19)5-3-11-20-16-6-2-1-4-14(16)18/h1-2,4,6-10H,3,5,11H2. The van der Waals surface area contributed by atoms with E-state index in [0.29, 0.717) is 25.0 Å². The van der Waals surface area contributed by atoms with E-state index < -0.39 is 0 Å². The molecule has 0 atom stereocenters. The predicted molar refractivity (Wildman–Crippen MR) is 79.6 cm³/mol. The number of halogens is 2. The zero-order valence-electron chi connectivity index (χ0n) is 10.8. The summed E-state index contributed by atoms with van der Waals surface area (Å²) in [5.41, 5.74) is 0.680. The monoisotopic (exact) mass is 336 g/mol. The highest BCUT2D eigenvalue weighted by atomic mass is 79.9. The van der Waals surface area contributed by atoms with Crippen LogP contribution in [0.3, 0.4) is 0 Å². The number of benzene rings is 2.